The summed E-state index contributed by atoms with van der Waals surface area (Å²) in [7, 11) is 0. The van der Waals surface area contributed by atoms with Crippen LogP contribution in [0.3, 0.4) is 0 Å². The molecule has 0 bridgehead atoms. The van der Waals surface area contributed by atoms with Gasteiger partial charge in [0, 0.05) is 12.0 Å². The van der Waals surface area contributed by atoms with Gasteiger partial charge < -0.3 is 33.7 Å². The summed E-state index contributed by atoms with van der Waals surface area (Å²) in [6.07, 6.45) is -4.88. The number of hydrogen-bond donors (Lipinski definition) is 1. The Bertz CT molecular complexity index is 946. The molecule has 2 heterocycles. The van der Waals surface area contributed by atoms with Crippen LogP contribution in [-0.2, 0) is 38.0 Å². The van der Waals surface area contributed by atoms with Crippen LogP contribution in [0.1, 0.15) is 51.9 Å². The van der Waals surface area contributed by atoms with E-state index in [1.165, 1.54) is 0 Å². The molecule has 2 aliphatic rings. The zero-order chi connectivity index (χ0) is 27.9. The molecular weight excluding hydrogens is 565 g/mol. The minimum atomic E-state index is -1.80. The van der Waals surface area contributed by atoms with E-state index in [9.17, 15) is 14.4 Å². The molecule has 1 amide bonds. The van der Waals surface area contributed by atoms with Gasteiger partial charge in [0.1, 0.15) is 24.9 Å². The third-order valence-electron chi connectivity index (χ3n) is 6.06. The number of carbonyl (C=O) groups is 3. The van der Waals surface area contributed by atoms with E-state index in [4.69, 9.17) is 63.2 Å². The van der Waals surface area contributed by atoms with Crippen LogP contribution in [0.2, 0.25) is 0 Å². The topological polar surface area (TPSA) is 119 Å². The van der Waals surface area contributed by atoms with Gasteiger partial charge in [-0.3, -0.25) is 9.59 Å². The second-order valence-electron chi connectivity index (χ2n) is 8.95. The molecule has 13 heteroatoms. The van der Waals surface area contributed by atoms with E-state index in [2.05, 4.69) is 5.32 Å². The van der Waals surface area contributed by atoms with Gasteiger partial charge in [-0.2, -0.15) is 0 Å². The molecule has 212 valence electrons. The Hall–Kier alpha value is -1.82. The molecule has 7 atom stereocenters. The molecule has 1 aromatic carbocycles. The molecule has 0 radical (unpaired) electrons. The first-order chi connectivity index (χ1) is 18.0. The Morgan fingerprint density at radius 2 is 1.82 bits per heavy atom. The average Bonchev–Trinajstić information content (AvgIpc) is 2.88. The molecule has 2 saturated heterocycles. The van der Waals surface area contributed by atoms with Crippen molar-refractivity contribution < 1.29 is 42.8 Å². The minimum Gasteiger partial charge on any atom is -0.462 e. The molecular formula is C25H32Cl3NO9. The van der Waals surface area contributed by atoms with E-state index in [0.29, 0.717) is 6.42 Å². The second-order valence-corrected chi connectivity index (χ2v) is 11.5. The van der Waals surface area contributed by atoms with E-state index < -0.39 is 71.3 Å². The second kappa shape index (κ2) is 14.0. The number of carbonyl (C=O) groups excluding carboxylic acids is 3. The Morgan fingerprint density at radius 3 is 2.45 bits per heavy atom. The number of alkyl carbamates (subject to hydrolysis) is 1. The highest BCUT2D eigenvalue weighted by molar-refractivity contribution is 6.67. The first-order valence-electron chi connectivity index (χ1n) is 12.4. The van der Waals surface area contributed by atoms with Crippen LogP contribution in [0.4, 0.5) is 4.79 Å². The molecule has 0 spiro atoms. The monoisotopic (exact) mass is 595 g/mol. The van der Waals surface area contributed by atoms with E-state index in [-0.39, 0.29) is 19.4 Å². The lowest BCUT2D eigenvalue weighted by atomic mass is 9.92. The van der Waals surface area contributed by atoms with Crippen molar-refractivity contribution in [3.63, 3.8) is 0 Å². The molecule has 1 aromatic rings. The van der Waals surface area contributed by atoms with Gasteiger partial charge >= 0.3 is 18.0 Å². The Balaban J connectivity index is 1.80. The van der Waals surface area contributed by atoms with Gasteiger partial charge in [-0.05, 0) is 13.3 Å². The predicted molar refractivity (Wildman–Crippen MR) is 138 cm³/mol. The standard InChI is InChI=1S/C25H32Cl3NO9/c1-4-16(36-18(30)5-2)11-19(31)37-22-20(29-24(32)34-13-25(26,27)28)14(3)35-17-12-33-23(38-21(17)22)15-9-7-6-8-10-15/h6-10,14,16-17,20-23H,4-5,11-13H2,1-3H3,(H,29,32)/t14-,16+,17?,20?,21+,22+,23?/m0/s1. The summed E-state index contributed by atoms with van der Waals surface area (Å²) in [5.41, 5.74) is 0.763. The van der Waals surface area contributed by atoms with Crippen molar-refractivity contribution in [2.45, 2.75) is 86.7 Å². The van der Waals surface area contributed by atoms with E-state index >= 15 is 0 Å². The summed E-state index contributed by atoms with van der Waals surface area (Å²) in [4.78, 5) is 37.3. The maximum atomic E-state index is 13.0. The number of benzene rings is 1. The van der Waals surface area contributed by atoms with Crippen LogP contribution in [0.5, 0.6) is 0 Å². The van der Waals surface area contributed by atoms with Crippen molar-refractivity contribution in [1.29, 1.82) is 0 Å². The van der Waals surface area contributed by atoms with E-state index in [1.54, 1.807) is 20.8 Å². The SMILES string of the molecule is CCC(=O)O[C@H](CC)CC(=O)O[C@@H]1C(NC(=O)OCC(Cl)(Cl)Cl)[C@H](C)OC2COC(c3ccccc3)O[C@H]21. The number of alkyl halides is 3. The number of rotatable bonds is 9. The number of nitrogens with one attached hydrogen (secondary N) is 1. The summed E-state index contributed by atoms with van der Waals surface area (Å²) in [5.74, 6) is -1.05. The number of esters is 2. The van der Waals surface area contributed by atoms with Gasteiger partial charge in [0.2, 0.25) is 3.79 Å². The summed E-state index contributed by atoms with van der Waals surface area (Å²) in [6.45, 7) is 4.84. The van der Waals surface area contributed by atoms with Crippen molar-refractivity contribution in [2.75, 3.05) is 13.2 Å². The molecule has 3 unspecified atom stereocenters. The van der Waals surface area contributed by atoms with Gasteiger partial charge in [-0.1, -0.05) is 79.0 Å². The predicted octanol–water partition coefficient (Wildman–Crippen LogP) is 4.39. The zero-order valence-corrected chi connectivity index (χ0v) is 23.5. The van der Waals surface area contributed by atoms with E-state index in [0.717, 1.165) is 5.56 Å². The highest BCUT2D eigenvalue weighted by atomic mass is 35.6. The van der Waals surface area contributed by atoms with Gasteiger partial charge in [0.15, 0.2) is 12.4 Å². The quantitative estimate of drug-likeness (QED) is 0.252. The van der Waals surface area contributed by atoms with E-state index in [1.807, 2.05) is 30.3 Å². The number of amides is 1. The number of ether oxygens (including phenoxy) is 6. The highest BCUT2D eigenvalue weighted by Crippen LogP contribution is 2.35. The fourth-order valence-corrected chi connectivity index (χ4v) is 4.32. The Labute approximate surface area is 236 Å². The number of fused-ring (bicyclic) bond motifs is 1. The molecule has 0 saturated carbocycles. The maximum absolute atomic E-state index is 13.0. The molecule has 0 aliphatic carbocycles. The normalized spacial score (nSPS) is 27.9. The van der Waals surface area contributed by atoms with Crippen molar-refractivity contribution >= 4 is 52.8 Å². The van der Waals surface area contributed by atoms with Gasteiger partial charge in [-0.15, -0.1) is 0 Å². The summed E-state index contributed by atoms with van der Waals surface area (Å²) in [5, 5.41) is 2.65. The zero-order valence-electron chi connectivity index (χ0n) is 21.3. The lowest BCUT2D eigenvalue weighted by Crippen LogP contribution is -2.66. The van der Waals surface area contributed by atoms with Gasteiger partial charge in [0.25, 0.3) is 0 Å². The van der Waals surface area contributed by atoms with Crippen molar-refractivity contribution in [3.05, 3.63) is 35.9 Å². The highest BCUT2D eigenvalue weighted by Gasteiger charge is 2.51. The summed E-state index contributed by atoms with van der Waals surface area (Å²) >= 11 is 17.0. The average molecular weight is 597 g/mol. The van der Waals surface area contributed by atoms with Crippen LogP contribution in [-0.4, -0.2) is 71.6 Å². The molecule has 2 fully saturated rings. The van der Waals surface area contributed by atoms with Crippen LogP contribution >= 0.6 is 34.8 Å². The minimum absolute atomic E-state index is 0.165. The van der Waals surface area contributed by atoms with Crippen molar-refractivity contribution in [3.8, 4) is 0 Å². The Morgan fingerprint density at radius 1 is 1.11 bits per heavy atom. The van der Waals surface area contributed by atoms with Crippen LogP contribution < -0.4 is 5.32 Å². The van der Waals surface area contributed by atoms with Crippen LogP contribution in [0, 0.1) is 0 Å². The van der Waals surface area contributed by atoms with Crippen LogP contribution in [0.15, 0.2) is 30.3 Å². The fraction of sp³-hybridized carbons (Fsp3) is 0.640. The largest absolute Gasteiger partial charge is 0.462 e. The van der Waals surface area contributed by atoms with Crippen molar-refractivity contribution in [1.82, 2.24) is 5.32 Å². The third-order valence-corrected chi connectivity index (χ3v) is 6.39. The fourth-order valence-electron chi connectivity index (χ4n) is 4.16. The molecule has 38 heavy (non-hydrogen) atoms. The first kappa shape index (κ1) is 30.7. The summed E-state index contributed by atoms with van der Waals surface area (Å²) in [6, 6.07) is 8.36. The molecule has 1 N–H and O–H groups in total. The molecule has 10 nitrogen and oxygen atoms in total. The third kappa shape index (κ3) is 8.86. The van der Waals surface area contributed by atoms with Crippen molar-refractivity contribution in [2.24, 2.45) is 0 Å². The molecule has 3 rings (SSSR count). The smallest absolute Gasteiger partial charge is 0.407 e. The van der Waals surface area contributed by atoms with Gasteiger partial charge in [0.05, 0.1) is 25.2 Å². The Kier molecular flexibility index (Phi) is 11.3. The van der Waals surface area contributed by atoms with Gasteiger partial charge in [-0.25, -0.2) is 4.79 Å². The number of halogens is 3. The molecule has 2 aliphatic heterocycles. The number of hydrogen-bond acceptors (Lipinski definition) is 9. The summed E-state index contributed by atoms with van der Waals surface area (Å²) < 4.78 is 32.5. The lowest BCUT2D eigenvalue weighted by Gasteiger charge is -2.48. The van der Waals surface area contributed by atoms with Crippen LogP contribution in [0.25, 0.3) is 0 Å². The first-order valence-corrected chi connectivity index (χ1v) is 13.5. The lowest BCUT2D eigenvalue weighted by molar-refractivity contribution is -0.314. The molecule has 0 aromatic heterocycles. The maximum Gasteiger partial charge on any atom is 0.407 e.